The Morgan fingerprint density at radius 1 is 1.00 bits per heavy atom. The first-order chi connectivity index (χ1) is 9.83. The Bertz CT molecular complexity index is 644. The van der Waals surface area contributed by atoms with Gasteiger partial charge in [-0.05, 0) is 53.6 Å². The minimum atomic E-state index is 0.450. The van der Waals surface area contributed by atoms with E-state index in [2.05, 4.69) is 47.8 Å². The van der Waals surface area contributed by atoms with Crippen molar-refractivity contribution >= 4 is 5.69 Å². The molecule has 4 rings (SSSR count). The SMILES string of the molecule is COC1CC(Nc2ccc3c(c2)Cc2ccccc2-3)C1. The summed E-state index contributed by atoms with van der Waals surface area (Å²) in [6.07, 6.45) is 3.75. The van der Waals surface area contributed by atoms with E-state index < -0.39 is 0 Å². The number of fused-ring (bicyclic) bond motifs is 3. The van der Waals surface area contributed by atoms with E-state index in [9.17, 15) is 0 Å². The first-order valence-electron chi connectivity index (χ1n) is 7.34. The molecule has 0 aliphatic heterocycles. The van der Waals surface area contributed by atoms with Gasteiger partial charge >= 0.3 is 0 Å². The fourth-order valence-electron chi connectivity index (χ4n) is 3.35. The van der Waals surface area contributed by atoms with E-state index in [1.54, 1.807) is 7.11 Å². The van der Waals surface area contributed by atoms with Crippen molar-refractivity contribution in [3.05, 3.63) is 53.6 Å². The maximum atomic E-state index is 5.33. The standard InChI is InChI=1S/C18H19NO/c1-20-16-10-15(11-16)19-14-6-7-18-13(9-14)8-12-4-2-3-5-17(12)18/h2-7,9,15-16,19H,8,10-11H2,1H3. The molecule has 2 aliphatic carbocycles. The lowest BCUT2D eigenvalue weighted by molar-refractivity contribution is 0.0329. The molecule has 0 unspecified atom stereocenters. The summed E-state index contributed by atoms with van der Waals surface area (Å²) in [5, 5.41) is 3.62. The summed E-state index contributed by atoms with van der Waals surface area (Å²) in [5.41, 5.74) is 6.93. The second kappa shape index (κ2) is 4.64. The third kappa shape index (κ3) is 1.92. The highest BCUT2D eigenvalue weighted by Crippen LogP contribution is 2.38. The topological polar surface area (TPSA) is 21.3 Å². The third-order valence-corrected chi connectivity index (χ3v) is 4.59. The quantitative estimate of drug-likeness (QED) is 0.776. The van der Waals surface area contributed by atoms with E-state index in [1.807, 2.05) is 0 Å². The molecule has 20 heavy (non-hydrogen) atoms. The Balaban J connectivity index is 1.54. The van der Waals surface area contributed by atoms with Crippen LogP contribution in [0.15, 0.2) is 42.5 Å². The number of nitrogens with one attached hydrogen (secondary N) is 1. The molecule has 2 aromatic carbocycles. The summed E-state index contributed by atoms with van der Waals surface area (Å²) >= 11 is 0. The molecule has 102 valence electrons. The van der Waals surface area contributed by atoms with Crippen molar-refractivity contribution in [2.24, 2.45) is 0 Å². The van der Waals surface area contributed by atoms with E-state index in [4.69, 9.17) is 4.74 Å². The zero-order valence-corrected chi connectivity index (χ0v) is 11.7. The van der Waals surface area contributed by atoms with Gasteiger partial charge in [0.05, 0.1) is 6.10 Å². The van der Waals surface area contributed by atoms with Gasteiger partial charge in [-0.25, -0.2) is 0 Å². The fraction of sp³-hybridized carbons (Fsp3) is 0.333. The number of rotatable bonds is 3. The normalized spacial score (nSPS) is 22.9. The Morgan fingerprint density at radius 2 is 1.80 bits per heavy atom. The van der Waals surface area contributed by atoms with Gasteiger partial charge in [-0.15, -0.1) is 0 Å². The minimum absolute atomic E-state index is 0.450. The van der Waals surface area contributed by atoms with Gasteiger partial charge in [0.2, 0.25) is 0 Å². The van der Waals surface area contributed by atoms with E-state index in [0.29, 0.717) is 12.1 Å². The lowest BCUT2D eigenvalue weighted by Crippen LogP contribution is -2.40. The summed E-state index contributed by atoms with van der Waals surface area (Å²) < 4.78 is 5.33. The average molecular weight is 265 g/mol. The molecular formula is C18H19NO. The van der Waals surface area contributed by atoms with Gasteiger partial charge in [-0.1, -0.05) is 30.3 Å². The molecule has 0 heterocycles. The van der Waals surface area contributed by atoms with Crippen molar-refractivity contribution < 1.29 is 4.74 Å². The molecule has 2 nitrogen and oxygen atoms in total. The van der Waals surface area contributed by atoms with Crippen molar-refractivity contribution in [2.45, 2.75) is 31.4 Å². The van der Waals surface area contributed by atoms with Gasteiger partial charge in [-0.3, -0.25) is 0 Å². The van der Waals surface area contributed by atoms with Gasteiger partial charge in [0.1, 0.15) is 0 Å². The zero-order chi connectivity index (χ0) is 13.5. The van der Waals surface area contributed by atoms with Crippen LogP contribution in [0.25, 0.3) is 11.1 Å². The minimum Gasteiger partial charge on any atom is -0.382 e. The first-order valence-corrected chi connectivity index (χ1v) is 7.34. The monoisotopic (exact) mass is 265 g/mol. The van der Waals surface area contributed by atoms with Crippen LogP contribution in [0.2, 0.25) is 0 Å². The van der Waals surface area contributed by atoms with Crippen LogP contribution in [0.4, 0.5) is 5.69 Å². The Kier molecular flexibility index (Phi) is 2.78. The molecule has 0 bridgehead atoms. The molecule has 0 spiro atoms. The van der Waals surface area contributed by atoms with Crippen LogP contribution < -0.4 is 5.32 Å². The fourth-order valence-corrected chi connectivity index (χ4v) is 3.35. The second-order valence-electron chi connectivity index (χ2n) is 5.88. The molecule has 0 saturated heterocycles. The predicted octanol–water partition coefficient (Wildman–Crippen LogP) is 3.85. The lowest BCUT2D eigenvalue weighted by atomic mass is 9.89. The Morgan fingerprint density at radius 3 is 2.65 bits per heavy atom. The number of benzene rings is 2. The maximum Gasteiger partial charge on any atom is 0.0610 e. The summed E-state index contributed by atoms with van der Waals surface area (Å²) in [7, 11) is 1.80. The molecule has 2 heteroatoms. The molecule has 0 aromatic heterocycles. The zero-order valence-electron chi connectivity index (χ0n) is 11.7. The summed E-state index contributed by atoms with van der Waals surface area (Å²) in [5.74, 6) is 0. The van der Waals surface area contributed by atoms with E-state index >= 15 is 0 Å². The van der Waals surface area contributed by atoms with Crippen LogP contribution in [0.5, 0.6) is 0 Å². The summed E-state index contributed by atoms with van der Waals surface area (Å²) in [4.78, 5) is 0. The number of methoxy groups -OCH3 is 1. The van der Waals surface area contributed by atoms with Crippen molar-refractivity contribution in [1.82, 2.24) is 0 Å². The van der Waals surface area contributed by atoms with Gasteiger partial charge in [0.25, 0.3) is 0 Å². The molecular weight excluding hydrogens is 246 g/mol. The van der Waals surface area contributed by atoms with Gasteiger partial charge in [-0.2, -0.15) is 0 Å². The highest BCUT2D eigenvalue weighted by Gasteiger charge is 2.29. The molecule has 0 amide bonds. The Labute approximate surface area is 119 Å². The molecule has 1 fully saturated rings. The van der Waals surface area contributed by atoms with Crippen molar-refractivity contribution in [3.8, 4) is 11.1 Å². The first kappa shape index (κ1) is 12.0. The van der Waals surface area contributed by atoms with Crippen LogP contribution in [0.1, 0.15) is 24.0 Å². The smallest absolute Gasteiger partial charge is 0.0610 e. The third-order valence-electron chi connectivity index (χ3n) is 4.59. The average Bonchev–Trinajstić information content (AvgIpc) is 2.80. The molecule has 1 saturated carbocycles. The number of hydrogen-bond donors (Lipinski definition) is 1. The predicted molar refractivity (Wildman–Crippen MR) is 82.1 cm³/mol. The summed E-state index contributed by atoms with van der Waals surface area (Å²) in [6.45, 7) is 0. The second-order valence-corrected chi connectivity index (χ2v) is 5.88. The van der Waals surface area contributed by atoms with Crippen molar-refractivity contribution in [3.63, 3.8) is 0 Å². The Hall–Kier alpha value is -1.80. The molecule has 1 N–H and O–H groups in total. The van der Waals surface area contributed by atoms with E-state index in [-0.39, 0.29) is 0 Å². The van der Waals surface area contributed by atoms with Crippen LogP contribution in [-0.4, -0.2) is 19.3 Å². The molecule has 2 aliphatic rings. The van der Waals surface area contributed by atoms with Crippen LogP contribution in [0.3, 0.4) is 0 Å². The molecule has 0 radical (unpaired) electrons. The van der Waals surface area contributed by atoms with E-state index in [1.165, 1.54) is 27.9 Å². The molecule has 2 aromatic rings. The van der Waals surface area contributed by atoms with Gasteiger partial charge < -0.3 is 10.1 Å². The van der Waals surface area contributed by atoms with Crippen molar-refractivity contribution in [2.75, 3.05) is 12.4 Å². The number of anilines is 1. The highest BCUT2D eigenvalue weighted by atomic mass is 16.5. The highest BCUT2D eigenvalue weighted by molar-refractivity contribution is 5.78. The number of hydrogen-bond acceptors (Lipinski definition) is 2. The molecule has 0 atom stereocenters. The maximum absolute atomic E-state index is 5.33. The largest absolute Gasteiger partial charge is 0.382 e. The summed E-state index contributed by atoms with van der Waals surface area (Å²) in [6, 6.07) is 16.1. The van der Waals surface area contributed by atoms with Gasteiger partial charge in [0, 0.05) is 18.8 Å². The van der Waals surface area contributed by atoms with Crippen molar-refractivity contribution in [1.29, 1.82) is 0 Å². The van der Waals surface area contributed by atoms with Crippen LogP contribution in [0, 0.1) is 0 Å². The van der Waals surface area contributed by atoms with Gasteiger partial charge in [0.15, 0.2) is 0 Å². The number of ether oxygens (including phenoxy) is 1. The van der Waals surface area contributed by atoms with Crippen LogP contribution >= 0.6 is 0 Å². The van der Waals surface area contributed by atoms with E-state index in [0.717, 1.165) is 19.3 Å². The lowest BCUT2D eigenvalue weighted by Gasteiger charge is -2.35. The van der Waals surface area contributed by atoms with Crippen LogP contribution in [-0.2, 0) is 11.2 Å².